The van der Waals surface area contributed by atoms with Crippen LogP contribution in [-0.2, 0) is 11.3 Å². The Hall–Kier alpha value is -3.05. The summed E-state index contributed by atoms with van der Waals surface area (Å²) in [6, 6.07) is 21.2. The Morgan fingerprint density at radius 3 is 2.44 bits per heavy atom. The third kappa shape index (κ3) is 4.99. The monoisotopic (exact) mass is 365 g/mol. The van der Waals surface area contributed by atoms with Crippen molar-refractivity contribution in [3.8, 4) is 5.75 Å². The van der Waals surface area contributed by atoms with E-state index in [1.807, 2.05) is 79.0 Å². The maximum Gasteiger partial charge on any atom is 0.278 e. The highest BCUT2D eigenvalue weighted by molar-refractivity contribution is 5.79. The van der Waals surface area contributed by atoms with Crippen molar-refractivity contribution < 1.29 is 19.3 Å². The van der Waals surface area contributed by atoms with Gasteiger partial charge in [0.1, 0.15) is 5.75 Å². The van der Waals surface area contributed by atoms with E-state index >= 15 is 0 Å². The Labute approximate surface area is 159 Å². The molecule has 3 rings (SSSR count). The van der Waals surface area contributed by atoms with Crippen molar-refractivity contribution in [2.45, 2.75) is 25.6 Å². The van der Waals surface area contributed by atoms with Crippen LogP contribution in [0.3, 0.4) is 0 Å². The zero-order chi connectivity index (χ0) is 19.1. The Morgan fingerprint density at radius 1 is 1.07 bits per heavy atom. The number of carbonyl (C=O) groups is 1. The molecule has 5 nitrogen and oxygen atoms in total. The number of carbonyl (C=O) groups excluding carboxylic acids is 1. The van der Waals surface area contributed by atoms with Crippen LogP contribution in [0.2, 0.25) is 0 Å². The second-order valence-electron chi connectivity index (χ2n) is 6.45. The number of benzene rings is 2. The minimum absolute atomic E-state index is 0.0155. The van der Waals surface area contributed by atoms with E-state index in [0.717, 1.165) is 22.6 Å². The summed E-state index contributed by atoms with van der Waals surface area (Å²) < 4.78 is 10.8. The lowest BCUT2D eigenvalue weighted by atomic mass is 10.0. The highest BCUT2D eigenvalue weighted by Crippen LogP contribution is 2.18. The van der Waals surface area contributed by atoms with Gasteiger partial charge in [-0.1, -0.05) is 42.5 Å². The van der Waals surface area contributed by atoms with E-state index in [4.69, 9.17) is 9.15 Å². The summed E-state index contributed by atoms with van der Waals surface area (Å²) in [6.45, 7) is 2.39. The van der Waals surface area contributed by atoms with Crippen molar-refractivity contribution in [2.75, 3.05) is 7.11 Å². The SMILES string of the molecule is COc1ccc(CNC(=O)[C@H](C)[NH2+][C@@H](c2ccccc2)c2ccco2)cc1. The summed E-state index contributed by atoms with van der Waals surface area (Å²) in [6.07, 6.45) is 1.66. The summed E-state index contributed by atoms with van der Waals surface area (Å²) in [4.78, 5) is 12.6. The van der Waals surface area contributed by atoms with Gasteiger partial charge in [-0.25, -0.2) is 0 Å². The molecule has 0 unspecified atom stereocenters. The molecule has 27 heavy (non-hydrogen) atoms. The molecule has 0 saturated heterocycles. The number of amides is 1. The molecule has 0 radical (unpaired) electrons. The maximum atomic E-state index is 12.6. The summed E-state index contributed by atoms with van der Waals surface area (Å²) in [5.74, 6) is 1.62. The molecule has 2 aromatic carbocycles. The van der Waals surface area contributed by atoms with Crippen molar-refractivity contribution in [1.82, 2.24) is 5.32 Å². The number of nitrogens with two attached hydrogens (primary N) is 1. The fourth-order valence-corrected chi connectivity index (χ4v) is 2.97. The molecule has 0 aliphatic carbocycles. The molecule has 5 heteroatoms. The highest BCUT2D eigenvalue weighted by atomic mass is 16.5. The van der Waals surface area contributed by atoms with Gasteiger partial charge in [0, 0.05) is 12.1 Å². The van der Waals surface area contributed by atoms with Gasteiger partial charge in [-0.2, -0.15) is 0 Å². The number of nitrogens with one attached hydrogen (secondary N) is 1. The van der Waals surface area contributed by atoms with Crippen LogP contribution in [0, 0.1) is 0 Å². The number of hydrogen-bond donors (Lipinski definition) is 2. The molecule has 2 atom stereocenters. The third-order valence-electron chi connectivity index (χ3n) is 4.53. The number of ether oxygens (including phenoxy) is 1. The van der Waals surface area contributed by atoms with Crippen LogP contribution < -0.4 is 15.4 Å². The van der Waals surface area contributed by atoms with E-state index in [0.29, 0.717) is 6.54 Å². The molecule has 1 aromatic heterocycles. The fourth-order valence-electron chi connectivity index (χ4n) is 2.97. The van der Waals surface area contributed by atoms with Crippen molar-refractivity contribution in [1.29, 1.82) is 0 Å². The molecule has 0 spiro atoms. The normalized spacial score (nSPS) is 13.0. The molecule has 0 fully saturated rings. The molecule has 0 aliphatic rings. The lowest BCUT2D eigenvalue weighted by Gasteiger charge is -2.18. The van der Waals surface area contributed by atoms with Crippen molar-refractivity contribution >= 4 is 5.91 Å². The lowest BCUT2D eigenvalue weighted by molar-refractivity contribution is -0.706. The van der Waals surface area contributed by atoms with Gasteiger partial charge in [-0.3, -0.25) is 4.79 Å². The van der Waals surface area contributed by atoms with Gasteiger partial charge in [-0.05, 0) is 36.8 Å². The average Bonchev–Trinajstić information content (AvgIpc) is 3.25. The van der Waals surface area contributed by atoms with Crippen molar-refractivity contribution in [2.24, 2.45) is 0 Å². The summed E-state index contributed by atoms with van der Waals surface area (Å²) >= 11 is 0. The van der Waals surface area contributed by atoms with Gasteiger partial charge < -0.3 is 19.8 Å². The topological polar surface area (TPSA) is 68.1 Å². The first-order valence-corrected chi connectivity index (χ1v) is 9.01. The van der Waals surface area contributed by atoms with E-state index in [1.165, 1.54) is 0 Å². The van der Waals surface area contributed by atoms with Crippen LogP contribution in [-0.4, -0.2) is 19.1 Å². The number of furan rings is 1. The Balaban J connectivity index is 1.62. The molecular weight excluding hydrogens is 340 g/mol. The summed E-state index contributed by atoms with van der Waals surface area (Å²) in [5, 5.41) is 5.02. The van der Waals surface area contributed by atoms with Gasteiger partial charge in [-0.15, -0.1) is 0 Å². The molecular formula is C22H25N2O3+. The summed E-state index contributed by atoms with van der Waals surface area (Å²) in [7, 11) is 1.64. The van der Waals surface area contributed by atoms with E-state index in [9.17, 15) is 4.79 Å². The number of hydrogen-bond acceptors (Lipinski definition) is 3. The van der Waals surface area contributed by atoms with Gasteiger partial charge in [0.15, 0.2) is 17.8 Å². The van der Waals surface area contributed by atoms with Crippen LogP contribution >= 0.6 is 0 Å². The van der Waals surface area contributed by atoms with Crippen LogP contribution in [0.15, 0.2) is 77.4 Å². The maximum absolute atomic E-state index is 12.6. The van der Waals surface area contributed by atoms with Gasteiger partial charge in [0.05, 0.1) is 13.4 Å². The van der Waals surface area contributed by atoms with E-state index in [1.54, 1.807) is 13.4 Å². The van der Waals surface area contributed by atoms with Gasteiger partial charge in [0.25, 0.3) is 5.91 Å². The van der Waals surface area contributed by atoms with E-state index in [2.05, 4.69) is 5.32 Å². The Morgan fingerprint density at radius 2 is 1.81 bits per heavy atom. The molecule has 3 aromatic rings. The predicted octanol–water partition coefficient (Wildman–Crippen LogP) is 2.65. The molecule has 0 bridgehead atoms. The quantitative estimate of drug-likeness (QED) is 0.645. The van der Waals surface area contributed by atoms with Gasteiger partial charge >= 0.3 is 0 Å². The largest absolute Gasteiger partial charge is 0.497 e. The highest BCUT2D eigenvalue weighted by Gasteiger charge is 2.26. The Bertz CT molecular complexity index is 830. The Kier molecular flexibility index (Phi) is 6.28. The van der Waals surface area contributed by atoms with E-state index < -0.39 is 0 Å². The molecule has 3 N–H and O–H groups in total. The van der Waals surface area contributed by atoms with Gasteiger partial charge in [0.2, 0.25) is 0 Å². The van der Waals surface area contributed by atoms with Crippen LogP contribution in [0.25, 0.3) is 0 Å². The molecule has 0 saturated carbocycles. The van der Waals surface area contributed by atoms with Crippen molar-refractivity contribution in [3.05, 3.63) is 89.9 Å². The minimum atomic E-state index is -0.265. The second kappa shape index (κ2) is 9.05. The number of quaternary nitrogens is 1. The second-order valence-corrected chi connectivity index (χ2v) is 6.45. The first-order valence-electron chi connectivity index (χ1n) is 9.01. The van der Waals surface area contributed by atoms with Crippen LogP contribution in [0.4, 0.5) is 0 Å². The number of methoxy groups -OCH3 is 1. The zero-order valence-corrected chi connectivity index (χ0v) is 15.6. The molecule has 1 amide bonds. The smallest absolute Gasteiger partial charge is 0.278 e. The van der Waals surface area contributed by atoms with Crippen LogP contribution in [0.5, 0.6) is 5.75 Å². The zero-order valence-electron chi connectivity index (χ0n) is 15.6. The predicted molar refractivity (Wildman–Crippen MR) is 103 cm³/mol. The first-order chi connectivity index (χ1) is 13.2. The number of rotatable bonds is 8. The lowest BCUT2D eigenvalue weighted by Crippen LogP contribution is -2.92. The molecule has 0 aliphatic heterocycles. The van der Waals surface area contributed by atoms with Crippen molar-refractivity contribution in [3.63, 3.8) is 0 Å². The molecule has 140 valence electrons. The minimum Gasteiger partial charge on any atom is -0.497 e. The first kappa shape index (κ1) is 18.7. The average molecular weight is 365 g/mol. The third-order valence-corrected chi connectivity index (χ3v) is 4.53. The van der Waals surface area contributed by atoms with Crippen LogP contribution in [0.1, 0.15) is 29.9 Å². The fraction of sp³-hybridized carbons (Fsp3) is 0.227. The van der Waals surface area contributed by atoms with E-state index in [-0.39, 0.29) is 18.0 Å². The standard InChI is InChI=1S/C22H24N2O3/c1-16(22(25)23-15-17-10-12-19(26-2)13-11-17)24-21(20-9-6-14-27-20)18-7-4-3-5-8-18/h3-14,16,21,24H,15H2,1-2H3,(H,23,25)/p+1/t16-,21-/m0/s1. The summed E-state index contributed by atoms with van der Waals surface area (Å²) in [5.41, 5.74) is 2.13. The molecule has 1 heterocycles.